The molecule has 2 nitrogen and oxygen atoms in total. The summed E-state index contributed by atoms with van der Waals surface area (Å²) in [7, 11) is 4.33. The summed E-state index contributed by atoms with van der Waals surface area (Å²) in [5.41, 5.74) is 4.74. The largest absolute Gasteiger partial charge is 0.344 e. The number of hydrogen-bond acceptors (Lipinski definition) is 1. The third kappa shape index (κ3) is 3.33. The Labute approximate surface area is 141 Å². The van der Waals surface area contributed by atoms with E-state index in [1.54, 1.807) is 11.3 Å². The minimum absolute atomic E-state index is 0.846. The molecule has 0 aliphatic heterocycles. The maximum absolute atomic E-state index is 2.63. The molecule has 0 saturated carbocycles. The molecule has 1 aromatic carbocycles. The molecule has 23 heavy (non-hydrogen) atoms. The molecule has 1 aliphatic carbocycles. The average Bonchev–Trinajstić information content (AvgIpc) is 2.87. The SMILES string of the molecule is CCC(C)C1CCc2c(c3ccccc3n2CCCN(C)C)C1. The summed E-state index contributed by atoms with van der Waals surface area (Å²) in [5.74, 6) is 1.72. The van der Waals surface area contributed by atoms with Crippen molar-refractivity contribution in [1.29, 1.82) is 0 Å². The highest BCUT2D eigenvalue weighted by atomic mass is 15.1. The first kappa shape index (κ1) is 16.6. The van der Waals surface area contributed by atoms with Crippen LogP contribution < -0.4 is 0 Å². The van der Waals surface area contributed by atoms with Crippen LogP contribution in [0.3, 0.4) is 0 Å². The minimum Gasteiger partial charge on any atom is -0.344 e. The van der Waals surface area contributed by atoms with Crippen molar-refractivity contribution in [3.8, 4) is 0 Å². The van der Waals surface area contributed by atoms with Gasteiger partial charge in [0.15, 0.2) is 0 Å². The fraction of sp³-hybridized carbons (Fsp3) is 0.619. The molecule has 2 atom stereocenters. The van der Waals surface area contributed by atoms with Crippen molar-refractivity contribution < 1.29 is 0 Å². The Hall–Kier alpha value is -1.28. The molecule has 2 aromatic rings. The van der Waals surface area contributed by atoms with Gasteiger partial charge in [0, 0.05) is 23.1 Å². The maximum Gasteiger partial charge on any atom is 0.0485 e. The van der Waals surface area contributed by atoms with Gasteiger partial charge in [0.25, 0.3) is 0 Å². The lowest BCUT2D eigenvalue weighted by Crippen LogP contribution is -2.22. The van der Waals surface area contributed by atoms with E-state index in [1.807, 2.05) is 0 Å². The first-order chi connectivity index (χ1) is 11.1. The molecule has 0 saturated heterocycles. The highest BCUT2D eigenvalue weighted by Crippen LogP contribution is 2.37. The van der Waals surface area contributed by atoms with Gasteiger partial charge in [-0.25, -0.2) is 0 Å². The first-order valence-electron chi connectivity index (χ1n) is 9.35. The first-order valence-corrected chi connectivity index (χ1v) is 9.35. The minimum atomic E-state index is 0.846. The van der Waals surface area contributed by atoms with Crippen LogP contribution in [0.4, 0.5) is 0 Å². The Morgan fingerprint density at radius 2 is 2.04 bits per heavy atom. The predicted octanol–water partition coefficient (Wildman–Crippen LogP) is 4.74. The second kappa shape index (κ2) is 7.09. The highest BCUT2D eigenvalue weighted by molar-refractivity contribution is 5.85. The van der Waals surface area contributed by atoms with Gasteiger partial charge >= 0.3 is 0 Å². The van der Waals surface area contributed by atoms with Gasteiger partial charge in [0.1, 0.15) is 0 Å². The van der Waals surface area contributed by atoms with E-state index in [2.05, 4.69) is 61.7 Å². The van der Waals surface area contributed by atoms with E-state index in [1.165, 1.54) is 43.0 Å². The standard InChI is InChI=1S/C21H32N2/c1-5-16(2)17-11-12-21-19(15-17)18-9-6-7-10-20(18)23(21)14-8-13-22(3)4/h6-7,9-10,16-17H,5,8,11-15H2,1-4H3. The Morgan fingerprint density at radius 1 is 1.26 bits per heavy atom. The third-order valence-electron chi connectivity index (χ3n) is 5.85. The molecule has 0 fully saturated rings. The molecule has 0 N–H and O–H groups in total. The summed E-state index contributed by atoms with van der Waals surface area (Å²) in [6.45, 7) is 7.09. The van der Waals surface area contributed by atoms with Gasteiger partial charge in [-0.2, -0.15) is 0 Å². The number of hydrogen-bond donors (Lipinski definition) is 0. The van der Waals surface area contributed by atoms with Crippen LogP contribution in [0, 0.1) is 11.8 Å². The summed E-state index contributed by atoms with van der Waals surface area (Å²) in [5, 5.41) is 1.51. The fourth-order valence-corrected chi connectivity index (χ4v) is 4.25. The molecular weight excluding hydrogens is 280 g/mol. The molecule has 126 valence electrons. The van der Waals surface area contributed by atoms with Crippen LogP contribution in [0.25, 0.3) is 10.9 Å². The van der Waals surface area contributed by atoms with Crippen LogP contribution >= 0.6 is 0 Å². The van der Waals surface area contributed by atoms with E-state index in [9.17, 15) is 0 Å². The van der Waals surface area contributed by atoms with Crippen LogP contribution in [-0.4, -0.2) is 30.1 Å². The monoisotopic (exact) mass is 312 g/mol. The topological polar surface area (TPSA) is 8.17 Å². The zero-order valence-electron chi connectivity index (χ0n) is 15.3. The Kier molecular flexibility index (Phi) is 5.11. The van der Waals surface area contributed by atoms with Crippen LogP contribution in [0.2, 0.25) is 0 Å². The van der Waals surface area contributed by atoms with Gasteiger partial charge in [0.05, 0.1) is 0 Å². The number of para-hydroxylation sites is 1. The van der Waals surface area contributed by atoms with Crippen molar-refractivity contribution in [1.82, 2.24) is 9.47 Å². The van der Waals surface area contributed by atoms with E-state index >= 15 is 0 Å². The number of rotatable bonds is 6. The van der Waals surface area contributed by atoms with Crippen molar-refractivity contribution in [2.75, 3.05) is 20.6 Å². The van der Waals surface area contributed by atoms with E-state index in [4.69, 9.17) is 0 Å². The zero-order valence-corrected chi connectivity index (χ0v) is 15.3. The molecule has 0 bridgehead atoms. The molecule has 1 aromatic heterocycles. The molecule has 0 amide bonds. The fourth-order valence-electron chi connectivity index (χ4n) is 4.25. The molecule has 1 heterocycles. The van der Waals surface area contributed by atoms with Crippen LogP contribution in [0.15, 0.2) is 24.3 Å². The van der Waals surface area contributed by atoms with Gasteiger partial charge < -0.3 is 9.47 Å². The number of aryl methyl sites for hydroxylation is 1. The predicted molar refractivity (Wildman–Crippen MR) is 100 cm³/mol. The lowest BCUT2D eigenvalue weighted by atomic mass is 9.78. The number of fused-ring (bicyclic) bond motifs is 3. The van der Waals surface area contributed by atoms with Crippen molar-refractivity contribution >= 4 is 10.9 Å². The Bertz CT molecular complexity index is 653. The van der Waals surface area contributed by atoms with E-state index in [0.29, 0.717) is 0 Å². The van der Waals surface area contributed by atoms with E-state index < -0.39 is 0 Å². The lowest BCUT2D eigenvalue weighted by Gasteiger charge is -2.28. The maximum atomic E-state index is 2.63. The molecular formula is C21H32N2. The van der Waals surface area contributed by atoms with E-state index in [0.717, 1.165) is 24.9 Å². The van der Waals surface area contributed by atoms with Crippen molar-refractivity contribution in [3.05, 3.63) is 35.5 Å². The second-order valence-electron chi connectivity index (χ2n) is 7.64. The van der Waals surface area contributed by atoms with Gasteiger partial charge in [0.2, 0.25) is 0 Å². The summed E-state index contributed by atoms with van der Waals surface area (Å²) in [6.07, 6.45) is 6.45. The van der Waals surface area contributed by atoms with Crippen molar-refractivity contribution in [2.24, 2.45) is 11.8 Å². The second-order valence-corrected chi connectivity index (χ2v) is 7.64. The highest BCUT2D eigenvalue weighted by Gasteiger charge is 2.27. The third-order valence-corrected chi connectivity index (χ3v) is 5.85. The Balaban J connectivity index is 1.93. The molecule has 3 rings (SSSR count). The normalized spacial score (nSPS) is 19.3. The zero-order chi connectivity index (χ0) is 16.4. The summed E-state index contributed by atoms with van der Waals surface area (Å²) < 4.78 is 2.63. The average molecular weight is 313 g/mol. The van der Waals surface area contributed by atoms with Gasteiger partial charge in [-0.1, -0.05) is 38.5 Å². The smallest absolute Gasteiger partial charge is 0.0485 e. The number of benzene rings is 1. The Morgan fingerprint density at radius 3 is 2.78 bits per heavy atom. The van der Waals surface area contributed by atoms with Gasteiger partial charge in [-0.15, -0.1) is 0 Å². The van der Waals surface area contributed by atoms with Crippen LogP contribution in [0.5, 0.6) is 0 Å². The quantitative estimate of drug-likeness (QED) is 0.747. The van der Waals surface area contributed by atoms with E-state index in [-0.39, 0.29) is 0 Å². The molecule has 2 heteroatoms. The van der Waals surface area contributed by atoms with Crippen molar-refractivity contribution in [2.45, 2.75) is 52.5 Å². The summed E-state index contributed by atoms with van der Waals surface area (Å²) >= 11 is 0. The van der Waals surface area contributed by atoms with Gasteiger partial charge in [-0.3, -0.25) is 0 Å². The summed E-state index contributed by atoms with van der Waals surface area (Å²) in [4.78, 5) is 2.29. The van der Waals surface area contributed by atoms with Gasteiger partial charge in [-0.05, 0) is 69.8 Å². The molecule has 0 radical (unpaired) electrons. The lowest BCUT2D eigenvalue weighted by molar-refractivity contribution is 0.309. The molecule has 0 spiro atoms. The number of aromatic nitrogens is 1. The number of nitrogens with zero attached hydrogens (tertiary/aromatic N) is 2. The molecule has 1 aliphatic rings. The van der Waals surface area contributed by atoms with Crippen LogP contribution in [-0.2, 0) is 19.4 Å². The molecule has 2 unspecified atom stereocenters. The van der Waals surface area contributed by atoms with Crippen molar-refractivity contribution in [3.63, 3.8) is 0 Å². The summed E-state index contributed by atoms with van der Waals surface area (Å²) in [6, 6.07) is 9.07. The van der Waals surface area contributed by atoms with Crippen LogP contribution in [0.1, 0.15) is 44.4 Å².